The Morgan fingerprint density at radius 1 is 1.47 bits per heavy atom. The average Bonchev–Trinajstić information content (AvgIpc) is 2.30. The summed E-state index contributed by atoms with van der Waals surface area (Å²) in [6.07, 6.45) is 2.23. The van der Waals surface area contributed by atoms with E-state index in [1.165, 1.54) is 17.6 Å². The van der Waals surface area contributed by atoms with Gasteiger partial charge in [0, 0.05) is 17.4 Å². The molecule has 0 radical (unpaired) electrons. The zero-order chi connectivity index (χ0) is 10.5. The minimum absolute atomic E-state index is 0.703. The molecule has 0 saturated heterocycles. The normalized spacial score (nSPS) is 14.5. The summed E-state index contributed by atoms with van der Waals surface area (Å²) in [4.78, 5) is 1.09. The van der Waals surface area contributed by atoms with Crippen molar-refractivity contribution in [2.45, 2.75) is 17.7 Å². The molecule has 1 aliphatic rings. The number of hydrogen-bond acceptors (Lipinski definition) is 3. The van der Waals surface area contributed by atoms with Gasteiger partial charge in [0.1, 0.15) is 5.75 Å². The van der Waals surface area contributed by atoms with Crippen molar-refractivity contribution in [2.24, 2.45) is 0 Å². The topological polar surface area (TPSA) is 18.5 Å². The molecule has 2 nitrogen and oxygen atoms in total. The van der Waals surface area contributed by atoms with Gasteiger partial charge < -0.3 is 8.92 Å². The Balaban J connectivity index is 2.09. The number of para-hydroxylation sites is 1. The van der Waals surface area contributed by atoms with Gasteiger partial charge in [-0.05, 0) is 24.5 Å². The largest absolute Gasteiger partial charge is 0.492 e. The minimum atomic E-state index is 0.703. The van der Waals surface area contributed by atoms with Crippen LogP contribution < -0.4 is 4.74 Å². The smallest absolute Gasteiger partial charge is 0.138 e. The molecule has 0 bridgehead atoms. The molecule has 1 aromatic rings. The van der Waals surface area contributed by atoms with E-state index in [9.17, 15) is 0 Å². The van der Waals surface area contributed by atoms with Crippen LogP contribution >= 0.6 is 28.0 Å². The summed E-state index contributed by atoms with van der Waals surface area (Å²) in [5.74, 6) is 1.02. The monoisotopic (exact) mass is 288 g/mol. The van der Waals surface area contributed by atoms with Crippen molar-refractivity contribution in [3.05, 3.63) is 23.8 Å². The lowest BCUT2D eigenvalue weighted by atomic mass is 10.1. The van der Waals surface area contributed by atoms with E-state index in [0.717, 1.165) is 35.4 Å². The van der Waals surface area contributed by atoms with Crippen molar-refractivity contribution in [3.63, 3.8) is 0 Å². The van der Waals surface area contributed by atoms with Crippen LogP contribution in [0, 0.1) is 0 Å². The molecule has 1 heterocycles. The van der Waals surface area contributed by atoms with E-state index < -0.39 is 0 Å². The van der Waals surface area contributed by atoms with Crippen LogP contribution in [0.5, 0.6) is 5.75 Å². The summed E-state index contributed by atoms with van der Waals surface area (Å²) in [6, 6.07) is 6.24. The van der Waals surface area contributed by atoms with Crippen LogP contribution in [0.25, 0.3) is 0 Å². The quantitative estimate of drug-likeness (QED) is 0.480. The van der Waals surface area contributed by atoms with Gasteiger partial charge >= 0.3 is 0 Å². The summed E-state index contributed by atoms with van der Waals surface area (Å²) >= 11 is 4.73. The Morgan fingerprint density at radius 2 is 2.40 bits per heavy atom. The van der Waals surface area contributed by atoms with Crippen molar-refractivity contribution in [2.75, 3.05) is 18.5 Å². The first kappa shape index (κ1) is 11.3. The first-order chi connectivity index (χ1) is 7.42. The van der Waals surface area contributed by atoms with Crippen molar-refractivity contribution < 1.29 is 8.92 Å². The number of rotatable bonds is 4. The van der Waals surface area contributed by atoms with Crippen molar-refractivity contribution in [3.8, 4) is 5.75 Å². The molecule has 0 aliphatic carbocycles. The summed E-state index contributed by atoms with van der Waals surface area (Å²) in [6.45, 7) is 1.53. The van der Waals surface area contributed by atoms with Crippen LogP contribution in [0.4, 0.5) is 0 Å². The Labute approximate surface area is 103 Å². The van der Waals surface area contributed by atoms with Gasteiger partial charge in [-0.2, -0.15) is 0 Å². The molecule has 0 fully saturated rings. The highest BCUT2D eigenvalue weighted by Gasteiger charge is 2.14. The lowest BCUT2D eigenvalue weighted by Gasteiger charge is -2.19. The fourth-order valence-corrected chi connectivity index (χ4v) is 2.63. The van der Waals surface area contributed by atoms with Gasteiger partial charge in [-0.1, -0.05) is 28.1 Å². The molecule has 4 heteroatoms. The highest BCUT2D eigenvalue weighted by Crippen LogP contribution is 2.35. The molecular weight excluding hydrogens is 276 g/mol. The van der Waals surface area contributed by atoms with Gasteiger partial charge in [-0.25, -0.2) is 0 Å². The van der Waals surface area contributed by atoms with Crippen LogP contribution in [0.3, 0.4) is 0 Å². The van der Waals surface area contributed by atoms with Gasteiger partial charge in [0.2, 0.25) is 0 Å². The third-order valence-corrected chi connectivity index (χ3v) is 3.32. The molecule has 1 aromatic carbocycles. The molecule has 0 saturated carbocycles. The Kier molecular flexibility index (Phi) is 4.35. The number of hydrogen-bond donors (Lipinski definition) is 0. The molecule has 0 atom stereocenters. The molecule has 2 rings (SSSR count). The van der Waals surface area contributed by atoms with E-state index >= 15 is 0 Å². The van der Waals surface area contributed by atoms with Crippen LogP contribution in [-0.2, 0) is 10.6 Å². The minimum Gasteiger partial charge on any atom is -0.492 e. The van der Waals surface area contributed by atoms with Gasteiger partial charge in [-0.3, -0.25) is 0 Å². The second-order valence-corrected chi connectivity index (χ2v) is 4.93. The maximum Gasteiger partial charge on any atom is 0.138 e. The second kappa shape index (κ2) is 5.77. The third kappa shape index (κ3) is 2.89. The zero-order valence-electron chi connectivity index (χ0n) is 8.37. The second-order valence-electron chi connectivity index (χ2n) is 3.29. The Hall–Kier alpha value is -0.190. The SMILES string of the molecule is BrCCOSc1cccc2c1OCCC2. The van der Waals surface area contributed by atoms with E-state index in [2.05, 4.69) is 28.1 Å². The predicted octanol–water partition coefficient (Wildman–Crippen LogP) is 3.43. The number of ether oxygens (including phenoxy) is 1. The van der Waals surface area contributed by atoms with Crippen LogP contribution in [-0.4, -0.2) is 18.5 Å². The van der Waals surface area contributed by atoms with Crippen LogP contribution in [0.1, 0.15) is 12.0 Å². The zero-order valence-corrected chi connectivity index (χ0v) is 10.8. The van der Waals surface area contributed by atoms with Gasteiger partial charge in [0.25, 0.3) is 0 Å². The molecule has 15 heavy (non-hydrogen) atoms. The standard InChI is InChI=1S/C11H13BrO2S/c12-6-8-14-15-10-5-1-3-9-4-2-7-13-11(9)10/h1,3,5H,2,4,6-8H2. The maximum absolute atomic E-state index is 5.67. The lowest BCUT2D eigenvalue weighted by molar-refractivity contribution is 0.280. The van der Waals surface area contributed by atoms with Gasteiger partial charge in [0.05, 0.1) is 18.1 Å². The van der Waals surface area contributed by atoms with E-state index in [0.29, 0.717) is 6.61 Å². The predicted molar refractivity (Wildman–Crippen MR) is 65.9 cm³/mol. The van der Waals surface area contributed by atoms with E-state index in [1.54, 1.807) is 0 Å². The average molecular weight is 289 g/mol. The van der Waals surface area contributed by atoms with Crippen molar-refractivity contribution in [1.29, 1.82) is 0 Å². The summed E-state index contributed by atoms with van der Waals surface area (Å²) < 4.78 is 11.1. The highest BCUT2D eigenvalue weighted by atomic mass is 79.9. The van der Waals surface area contributed by atoms with Gasteiger partial charge in [0.15, 0.2) is 0 Å². The number of halogens is 1. The first-order valence-electron chi connectivity index (χ1n) is 5.02. The summed E-state index contributed by atoms with van der Waals surface area (Å²) in [5, 5.41) is 0.857. The van der Waals surface area contributed by atoms with Crippen LogP contribution in [0.15, 0.2) is 23.1 Å². The molecule has 0 amide bonds. The molecular formula is C11H13BrO2S. The molecule has 0 aromatic heterocycles. The molecule has 0 unspecified atom stereocenters. The van der Waals surface area contributed by atoms with E-state index in [-0.39, 0.29) is 0 Å². The summed E-state index contributed by atoms with van der Waals surface area (Å²) in [7, 11) is 0. The molecule has 82 valence electrons. The molecule has 1 aliphatic heterocycles. The lowest BCUT2D eigenvalue weighted by Crippen LogP contribution is -2.09. The fraction of sp³-hybridized carbons (Fsp3) is 0.455. The number of fused-ring (bicyclic) bond motifs is 1. The van der Waals surface area contributed by atoms with Gasteiger partial charge in [-0.15, -0.1) is 0 Å². The Morgan fingerprint density at radius 3 is 3.27 bits per heavy atom. The van der Waals surface area contributed by atoms with Crippen molar-refractivity contribution >= 4 is 28.0 Å². The first-order valence-corrected chi connectivity index (χ1v) is 6.88. The number of alkyl halides is 1. The number of aryl methyl sites for hydroxylation is 1. The Bertz CT molecular complexity index is 330. The van der Waals surface area contributed by atoms with Crippen LogP contribution in [0.2, 0.25) is 0 Å². The maximum atomic E-state index is 5.67. The van der Waals surface area contributed by atoms with Crippen molar-refractivity contribution in [1.82, 2.24) is 0 Å². The third-order valence-electron chi connectivity index (χ3n) is 2.21. The van der Waals surface area contributed by atoms with E-state index in [1.807, 2.05) is 6.07 Å². The molecule has 0 N–H and O–H groups in total. The highest BCUT2D eigenvalue weighted by molar-refractivity contribution is 9.09. The summed E-state index contributed by atoms with van der Waals surface area (Å²) in [5.41, 5.74) is 1.30. The van der Waals surface area contributed by atoms with E-state index in [4.69, 9.17) is 8.92 Å². The number of benzene rings is 1. The fourth-order valence-electron chi connectivity index (χ4n) is 1.56. The molecule has 0 spiro atoms.